The predicted octanol–water partition coefficient (Wildman–Crippen LogP) is 3.03. The molecule has 0 aliphatic heterocycles. The van der Waals surface area contributed by atoms with Gasteiger partial charge in [-0.3, -0.25) is 9.36 Å². The van der Waals surface area contributed by atoms with Gasteiger partial charge in [0.15, 0.2) is 7.37 Å². The number of methoxy groups -OCH3 is 1. The van der Waals surface area contributed by atoms with Crippen molar-refractivity contribution < 1.29 is 18.6 Å². The molecule has 0 saturated heterocycles. The molecule has 0 heterocycles. The largest absolute Gasteiger partial charge is 0.468 e. The zero-order valence-electron chi connectivity index (χ0n) is 13.5. The fraction of sp³-hybridized carbons (Fsp3) is 0.929. The van der Waals surface area contributed by atoms with E-state index in [1.54, 1.807) is 6.66 Å². The fourth-order valence-electron chi connectivity index (χ4n) is 2.01. The number of carbonyl (C=O) groups excluding carboxylic acids is 1. The van der Waals surface area contributed by atoms with E-state index in [1.807, 2.05) is 13.8 Å². The molecule has 0 aromatic carbocycles. The number of rotatable bonds is 11. The lowest BCUT2D eigenvalue weighted by molar-refractivity contribution is -0.143. The van der Waals surface area contributed by atoms with E-state index in [4.69, 9.17) is 9.26 Å². The van der Waals surface area contributed by atoms with Crippen LogP contribution in [-0.4, -0.2) is 44.6 Å². The second kappa shape index (κ2) is 10.4. The van der Waals surface area contributed by atoms with Crippen molar-refractivity contribution in [1.29, 1.82) is 0 Å². The Morgan fingerprint density at radius 3 is 2.45 bits per heavy atom. The van der Waals surface area contributed by atoms with Gasteiger partial charge in [0.1, 0.15) is 6.04 Å². The van der Waals surface area contributed by atoms with Crippen LogP contribution >= 0.6 is 7.37 Å². The van der Waals surface area contributed by atoms with Gasteiger partial charge in [-0.05, 0) is 26.7 Å². The van der Waals surface area contributed by atoms with Crippen molar-refractivity contribution in [3.63, 3.8) is 0 Å². The summed E-state index contributed by atoms with van der Waals surface area (Å²) in [5.74, 6) is -0.227. The standard InChI is InChI=1S/C14H30NO4P/c1-6-8-9-13(14(16)18-4)15-12(3)10-11-20(5,17)19-7-2/h12-13,15H,6-11H2,1-5H3/t12-,13+,20-/m1/s1. The van der Waals surface area contributed by atoms with Crippen LogP contribution in [0.4, 0.5) is 0 Å². The minimum atomic E-state index is -2.50. The van der Waals surface area contributed by atoms with Gasteiger partial charge in [-0.1, -0.05) is 19.8 Å². The van der Waals surface area contributed by atoms with E-state index in [-0.39, 0.29) is 18.1 Å². The van der Waals surface area contributed by atoms with Gasteiger partial charge < -0.3 is 14.6 Å². The van der Waals surface area contributed by atoms with Crippen molar-refractivity contribution in [2.24, 2.45) is 0 Å². The minimum Gasteiger partial charge on any atom is -0.468 e. The van der Waals surface area contributed by atoms with E-state index >= 15 is 0 Å². The summed E-state index contributed by atoms with van der Waals surface area (Å²) in [6.07, 6.45) is 4.02. The molecular weight excluding hydrogens is 277 g/mol. The SMILES string of the molecule is CCCC[C@H](N[C@H](C)CC[P@](C)(=O)OCC)C(=O)OC. The summed E-state index contributed by atoms with van der Waals surface area (Å²) in [6, 6.07) is -0.178. The number of esters is 1. The Labute approximate surface area is 123 Å². The molecule has 0 rings (SSSR count). The molecule has 0 aliphatic rings. The lowest BCUT2D eigenvalue weighted by Gasteiger charge is -2.22. The molecule has 0 aromatic heterocycles. The van der Waals surface area contributed by atoms with Crippen LogP contribution in [0.5, 0.6) is 0 Å². The third kappa shape index (κ3) is 8.72. The van der Waals surface area contributed by atoms with E-state index in [0.717, 1.165) is 19.3 Å². The summed E-state index contributed by atoms with van der Waals surface area (Å²) in [6.45, 7) is 8.06. The summed E-state index contributed by atoms with van der Waals surface area (Å²) in [5, 5.41) is 3.27. The molecule has 0 aliphatic carbocycles. The third-order valence-electron chi connectivity index (χ3n) is 3.19. The third-order valence-corrected chi connectivity index (χ3v) is 5.06. The average molecular weight is 307 g/mol. The van der Waals surface area contributed by atoms with Gasteiger partial charge in [-0.2, -0.15) is 0 Å². The van der Waals surface area contributed by atoms with Crippen molar-refractivity contribution >= 4 is 13.3 Å². The molecule has 0 spiro atoms. The van der Waals surface area contributed by atoms with Gasteiger partial charge in [0, 0.05) is 18.9 Å². The molecule has 0 saturated carbocycles. The van der Waals surface area contributed by atoms with Gasteiger partial charge in [0.25, 0.3) is 0 Å². The van der Waals surface area contributed by atoms with Crippen molar-refractivity contribution in [2.45, 2.75) is 58.5 Å². The highest BCUT2D eigenvalue weighted by Gasteiger charge is 2.22. The van der Waals surface area contributed by atoms with Gasteiger partial charge in [-0.15, -0.1) is 0 Å². The van der Waals surface area contributed by atoms with E-state index in [9.17, 15) is 9.36 Å². The van der Waals surface area contributed by atoms with Crippen LogP contribution in [0.15, 0.2) is 0 Å². The Morgan fingerprint density at radius 2 is 1.95 bits per heavy atom. The highest BCUT2D eigenvalue weighted by Crippen LogP contribution is 2.43. The topological polar surface area (TPSA) is 64.6 Å². The molecule has 6 heteroatoms. The van der Waals surface area contributed by atoms with Crippen LogP contribution in [-0.2, 0) is 18.6 Å². The molecule has 0 bridgehead atoms. The summed E-state index contributed by atoms with van der Waals surface area (Å²) in [5.41, 5.74) is 0. The van der Waals surface area contributed by atoms with E-state index in [1.165, 1.54) is 7.11 Å². The first-order valence-electron chi connectivity index (χ1n) is 7.41. The summed E-state index contributed by atoms with van der Waals surface area (Å²) >= 11 is 0. The highest BCUT2D eigenvalue weighted by atomic mass is 31.2. The van der Waals surface area contributed by atoms with Crippen LogP contribution in [0.3, 0.4) is 0 Å². The Bertz CT molecular complexity index is 322. The van der Waals surface area contributed by atoms with Gasteiger partial charge >= 0.3 is 5.97 Å². The molecular formula is C14H30NO4P. The Morgan fingerprint density at radius 1 is 1.30 bits per heavy atom. The lowest BCUT2D eigenvalue weighted by atomic mass is 10.1. The predicted molar refractivity (Wildman–Crippen MR) is 82.6 cm³/mol. The maximum absolute atomic E-state index is 12.0. The van der Waals surface area contributed by atoms with E-state index in [0.29, 0.717) is 19.2 Å². The van der Waals surface area contributed by atoms with Crippen LogP contribution in [0.1, 0.15) is 46.5 Å². The van der Waals surface area contributed by atoms with Crippen molar-refractivity contribution in [1.82, 2.24) is 5.32 Å². The lowest BCUT2D eigenvalue weighted by Crippen LogP contribution is -2.43. The molecule has 0 aromatic rings. The van der Waals surface area contributed by atoms with Gasteiger partial charge in [0.2, 0.25) is 0 Å². The molecule has 0 radical (unpaired) electrons. The van der Waals surface area contributed by atoms with Crippen molar-refractivity contribution in [2.75, 3.05) is 26.5 Å². The van der Waals surface area contributed by atoms with E-state index in [2.05, 4.69) is 12.2 Å². The normalized spacial score (nSPS) is 17.2. The number of hydrogen-bond donors (Lipinski definition) is 1. The smallest absolute Gasteiger partial charge is 0.322 e. The summed E-state index contributed by atoms with van der Waals surface area (Å²) in [7, 11) is -1.09. The molecule has 120 valence electrons. The molecule has 3 atom stereocenters. The van der Waals surface area contributed by atoms with E-state index < -0.39 is 7.37 Å². The molecule has 0 fully saturated rings. The van der Waals surface area contributed by atoms with Crippen LogP contribution in [0.25, 0.3) is 0 Å². The molecule has 5 nitrogen and oxygen atoms in total. The highest BCUT2D eigenvalue weighted by molar-refractivity contribution is 7.58. The molecule has 1 N–H and O–H groups in total. The Hall–Kier alpha value is -0.380. The first-order chi connectivity index (χ1) is 9.36. The number of nitrogens with one attached hydrogen (secondary N) is 1. The first-order valence-corrected chi connectivity index (χ1v) is 9.67. The van der Waals surface area contributed by atoms with Crippen LogP contribution in [0.2, 0.25) is 0 Å². The fourth-order valence-corrected chi connectivity index (χ4v) is 3.54. The van der Waals surface area contributed by atoms with Crippen molar-refractivity contribution in [3.8, 4) is 0 Å². The minimum absolute atomic E-state index is 0.102. The Balaban J connectivity index is 4.27. The van der Waals surface area contributed by atoms with Crippen LogP contribution in [0, 0.1) is 0 Å². The summed E-state index contributed by atoms with van der Waals surface area (Å²) in [4.78, 5) is 11.7. The second-order valence-corrected chi connectivity index (χ2v) is 7.96. The quantitative estimate of drug-likeness (QED) is 0.469. The van der Waals surface area contributed by atoms with Gasteiger partial charge in [-0.25, -0.2) is 0 Å². The first kappa shape index (κ1) is 19.6. The van der Waals surface area contributed by atoms with Crippen molar-refractivity contribution in [3.05, 3.63) is 0 Å². The monoisotopic (exact) mass is 307 g/mol. The Kier molecular flexibility index (Phi) is 10.2. The average Bonchev–Trinajstić information content (AvgIpc) is 2.40. The maximum atomic E-state index is 12.0. The van der Waals surface area contributed by atoms with Crippen LogP contribution < -0.4 is 5.32 Å². The zero-order chi connectivity index (χ0) is 15.6. The number of unbranched alkanes of at least 4 members (excludes halogenated alkanes) is 1. The maximum Gasteiger partial charge on any atom is 0.322 e. The van der Waals surface area contributed by atoms with Gasteiger partial charge in [0.05, 0.1) is 13.7 Å². The number of hydrogen-bond acceptors (Lipinski definition) is 5. The number of ether oxygens (including phenoxy) is 1. The molecule has 0 amide bonds. The summed E-state index contributed by atoms with van der Waals surface area (Å²) < 4.78 is 22.1. The number of carbonyl (C=O) groups is 1. The molecule has 20 heavy (non-hydrogen) atoms. The zero-order valence-corrected chi connectivity index (χ0v) is 14.4. The second-order valence-electron chi connectivity index (χ2n) is 5.23. The molecule has 0 unspecified atom stereocenters.